The van der Waals surface area contributed by atoms with Crippen LogP contribution in [0, 0.1) is 5.82 Å². The van der Waals surface area contributed by atoms with Crippen molar-refractivity contribution in [1.82, 2.24) is 0 Å². The molecule has 0 radical (unpaired) electrons. The molecule has 1 aromatic rings. The van der Waals surface area contributed by atoms with E-state index in [0.717, 1.165) is 5.69 Å². The molecule has 3 rings (SSSR count). The maximum Gasteiger partial charge on any atom is 0.129 e. The van der Waals surface area contributed by atoms with Crippen molar-refractivity contribution in [3.05, 3.63) is 29.6 Å². The number of aliphatic imine (C=N–C) groups is 1. The lowest BCUT2D eigenvalue weighted by molar-refractivity contribution is 0.104. The maximum atomic E-state index is 14.2. The van der Waals surface area contributed by atoms with E-state index in [1.54, 1.807) is 0 Å². The van der Waals surface area contributed by atoms with Gasteiger partial charge in [0.1, 0.15) is 23.8 Å². The van der Waals surface area contributed by atoms with Crippen molar-refractivity contribution in [2.45, 2.75) is 31.3 Å². The Morgan fingerprint density at radius 3 is 2.85 bits per heavy atom. The summed E-state index contributed by atoms with van der Waals surface area (Å²) in [4.78, 5) is 6.61. The highest BCUT2D eigenvalue weighted by atomic mass is 19.1. The number of hydrogen-bond donors (Lipinski definition) is 1. The Morgan fingerprint density at radius 2 is 2.20 bits per heavy atom. The van der Waals surface area contributed by atoms with Crippen molar-refractivity contribution >= 4 is 11.5 Å². The molecule has 0 bridgehead atoms. The van der Waals surface area contributed by atoms with Crippen molar-refractivity contribution in [3.63, 3.8) is 0 Å². The lowest BCUT2D eigenvalue weighted by Gasteiger charge is -2.31. The Bertz CT molecular complexity index is 556. The summed E-state index contributed by atoms with van der Waals surface area (Å²) < 4.78 is 19.7. The van der Waals surface area contributed by atoms with E-state index in [-0.39, 0.29) is 5.82 Å². The van der Waals surface area contributed by atoms with E-state index in [2.05, 4.69) is 9.89 Å². The van der Waals surface area contributed by atoms with E-state index in [4.69, 9.17) is 10.5 Å². The molecule has 4 nitrogen and oxygen atoms in total. The van der Waals surface area contributed by atoms with E-state index < -0.39 is 5.54 Å². The fraction of sp³-hybridized carbons (Fsp3) is 0.533. The lowest BCUT2D eigenvalue weighted by atomic mass is 9.91. The second kappa shape index (κ2) is 4.74. The normalized spacial score (nSPS) is 26.2. The summed E-state index contributed by atoms with van der Waals surface area (Å²) in [6.45, 7) is 2.53. The Balaban J connectivity index is 1.99. The number of ether oxygens (including phenoxy) is 1. The van der Waals surface area contributed by atoms with Gasteiger partial charge in [-0.25, -0.2) is 4.39 Å². The van der Waals surface area contributed by atoms with E-state index in [1.165, 1.54) is 18.9 Å². The molecule has 1 heterocycles. The molecule has 0 unspecified atom stereocenters. The molecule has 1 aromatic carbocycles. The van der Waals surface area contributed by atoms with Crippen LogP contribution in [0.5, 0.6) is 0 Å². The van der Waals surface area contributed by atoms with Gasteiger partial charge in [-0.15, -0.1) is 0 Å². The van der Waals surface area contributed by atoms with Gasteiger partial charge >= 0.3 is 0 Å². The minimum absolute atomic E-state index is 0.262. The van der Waals surface area contributed by atoms with Crippen LogP contribution in [0.2, 0.25) is 0 Å². The van der Waals surface area contributed by atoms with E-state index in [9.17, 15) is 4.39 Å². The second-order valence-electron chi connectivity index (χ2n) is 5.88. The van der Waals surface area contributed by atoms with Crippen LogP contribution in [-0.2, 0) is 10.3 Å². The molecule has 1 atom stereocenters. The predicted molar refractivity (Wildman–Crippen MR) is 77.6 cm³/mol. The standard InChI is InChI=1S/C15H20FN3O/c1-15(9-20-8-14(17)18-15)12-7-11(5-6-13(12)16)19(2)10-3-4-10/h5-7,10H,3-4,8-9H2,1-2H3,(H2,17,18)/t15-/m0/s1. The maximum absolute atomic E-state index is 14.2. The minimum atomic E-state index is -0.743. The molecule has 0 saturated heterocycles. The van der Waals surface area contributed by atoms with E-state index >= 15 is 0 Å². The second-order valence-corrected chi connectivity index (χ2v) is 5.88. The molecule has 1 aliphatic carbocycles. The summed E-state index contributed by atoms with van der Waals surface area (Å²) >= 11 is 0. The summed E-state index contributed by atoms with van der Waals surface area (Å²) in [5, 5.41) is 0. The minimum Gasteiger partial charge on any atom is -0.386 e. The van der Waals surface area contributed by atoms with E-state index in [1.807, 2.05) is 26.1 Å². The van der Waals surface area contributed by atoms with Gasteiger partial charge in [-0.1, -0.05) is 0 Å². The number of benzene rings is 1. The molecular weight excluding hydrogens is 257 g/mol. The highest BCUT2D eigenvalue weighted by Crippen LogP contribution is 2.35. The molecule has 0 aromatic heterocycles. The number of nitrogens with zero attached hydrogens (tertiary/aromatic N) is 2. The molecule has 20 heavy (non-hydrogen) atoms. The molecule has 5 heteroatoms. The quantitative estimate of drug-likeness (QED) is 0.919. The smallest absolute Gasteiger partial charge is 0.129 e. The number of hydrogen-bond acceptors (Lipinski definition) is 4. The molecule has 2 aliphatic rings. The average molecular weight is 277 g/mol. The van der Waals surface area contributed by atoms with Crippen LogP contribution in [0.3, 0.4) is 0 Å². The number of nitrogens with two attached hydrogens (primary N) is 1. The zero-order valence-corrected chi connectivity index (χ0v) is 11.9. The fourth-order valence-corrected chi connectivity index (χ4v) is 2.69. The van der Waals surface area contributed by atoms with Gasteiger partial charge in [0, 0.05) is 24.3 Å². The van der Waals surface area contributed by atoms with Crippen LogP contribution in [-0.4, -0.2) is 32.1 Å². The van der Waals surface area contributed by atoms with Crippen molar-refractivity contribution in [1.29, 1.82) is 0 Å². The number of amidine groups is 1. The molecule has 1 aliphatic heterocycles. The SMILES string of the molecule is CN(c1ccc(F)c([C@]2(C)COCC(N)=N2)c1)C1CC1. The van der Waals surface area contributed by atoms with Crippen molar-refractivity contribution in [2.75, 3.05) is 25.2 Å². The first kappa shape index (κ1) is 13.4. The molecule has 108 valence electrons. The van der Waals surface area contributed by atoms with Gasteiger partial charge in [-0.05, 0) is 38.0 Å². The molecule has 2 N–H and O–H groups in total. The highest BCUT2D eigenvalue weighted by Gasteiger charge is 2.34. The van der Waals surface area contributed by atoms with Gasteiger partial charge in [0.25, 0.3) is 0 Å². The first-order valence-corrected chi connectivity index (χ1v) is 6.94. The largest absolute Gasteiger partial charge is 0.386 e. The van der Waals surface area contributed by atoms with Crippen molar-refractivity contribution in [3.8, 4) is 0 Å². The Kier molecular flexibility index (Phi) is 3.17. The number of halogens is 1. The van der Waals surface area contributed by atoms with Crippen LogP contribution < -0.4 is 10.6 Å². The van der Waals surface area contributed by atoms with Gasteiger partial charge in [0.2, 0.25) is 0 Å². The Labute approximate surface area is 118 Å². The van der Waals surface area contributed by atoms with Gasteiger partial charge in [0.15, 0.2) is 0 Å². The van der Waals surface area contributed by atoms with Gasteiger partial charge < -0.3 is 15.4 Å². The predicted octanol–water partition coefficient (Wildman–Crippen LogP) is 2.03. The molecule has 1 saturated carbocycles. The monoisotopic (exact) mass is 277 g/mol. The summed E-state index contributed by atoms with van der Waals surface area (Å²) in [5.41, 5.74) is 6.57. The van der Waals surface area contributed by atoms with Crippen molar-refractivity contribution in [2.24, 2.45) is 10.7 Å². The van der Waals surface area contributed by atoms with Crippen LogP contribution in [0.4, 0.5) is 10.1 Å². The zero-order chi connectivity index (χ0) is 14.3. The Morgan fingerprint density at radius 1 is 1.45 bits per heavy atom. The first-order valence-electron chi connectivity index (χ1n) is 6.94. The van der Waals surface area contributed by atoms with Crippen LogP contribution in [0.25, 0.3) is 0 Å². The van der Waals surface area contributed by atoms with Crippen LogP contribution >= 0.6 is 0 Å². The van der Waals surface area contributed by atoms with Crippen molar-refractivity contribution < 1.29 is 9.13 Å². The molecule has 0 amide bonds. The Hall–Kier alpha value is -1.62. The van der Waals surface area contributed by atoms with Gasteiger partial charge in [-0.3, -0.25) is 4.99 Å². The average Bonchev–Trinajstić information content (AvgIpc) is 3.22. The third-order valence-electron chi connectivity index (χ3n) is 4.06. The zero-order valence-electron chi connectivity index (χ0n) is 11.9. The van der Waals surface area contributed by atoms with Gasteiger partial charge in [-0.2, -0.15) is 0 Å². The highest BCUT2D eigenvalue weighted by molar-refractivity contribution is 5.82. The van der Waals surface area contributed by atoms with E-state index in [0.29, 0.717) is 30.7 Å². The summed E-state index contributed by atoms with van der Waals surface area (Å²) in [6, 6.07) is 5.78. The van der Waals surface area contributed by atoms with Crippen LogP contribution in [0.15, 0.2) is 23.2 Å². The fourth-order valence-electron chi connectivity index (χ4n) is 2.69. The van der Waals surface area contributed by atoms with Crippen LogP contribution in [0.1, 0.15) is 25.3 Å². The van der Waals surface area contributed by atoms with Gasteiger partial charge in [0.05, 0.1) is 6.61 Å². The molecular formula is C15H20FN3O. The molecule has 0 spiro atoms. The number of anilines is 1. The third kappa shape index (κ3) is 2.38. The lowest BCUT2D eigenvalue weighted by Crippen LogP contribution is -2.38. The molecule has 1 fully saturated rings. The number of rotatable bonds is 3. The summed E-state index contributed by atoms with van der Waals surface area (Å²) in [5.74, 6) is 0.154. The third-order valence-corrected chi connectivity index (χ3v) is 4.06. The summed E-state index contributed by atoms with van der Waals surface area (Å²) in [7, 11) is 2.05. The summed E-state index contributed by atoms with van der Waals surface area (Å²) in [6.07, 6.45) is 2.41. The first-order chi connectivity index (χ1) is 9.49. The topological polar surface area (TPSA) is 50.9 Å².